The van der Waals surface area contributed by atoms with Crippen LogP contribution in [0.4, 0.5) is 16.2 Å². The molecule has 0 fully saturated rings. The minimum Gasteiger partial charge on any atom is -0.494 e. The van der Waals surface area contributed by atoms with E-state index in [4.69, 9.17) is 9.47 Å². The summed E-state index contributed by atoms with van der Waals surface area (Å²) in [6.07, 6.45) is -1.10. The smallest absolute Gasteiger partial charge is 0.434 e. The zero-order chi connectivity index (χ0) is 25.4. The summed E-state index contributed by atoms with van der Waals surface area (Å²) in [5, 5.41) is 0.861. The molecule has 0 saturated carbocycles. The average Bonchev–Trinajstić information content (AvgIpc) is 3.12. The van der Waals surface area contributed by atoms with Gasteiger partial charge in [-0.1, -0.05) is 30.3 Å². The molecule has 0 bridgehead atoms. The molecule has 4 aromatic carbocycles. The lowest BCUT2D eigenvalue weighted by atomic mass is 10.1. The van der Waals surface area contributed by atoms with Gasteiger partial charge in [0.1, 0.15) is 11.5 Å². The van der Waals surface area contributed by atoms with Gasteiger partial charge in [-0.2, -0.15) is 4.31 Å². The van der Waals surface area contributed by atoms with Crippen molar-refractivity contribution in [3.05, 3.63) is 90.5 Å². The molecule has 8 nitrogen and oxygen atoms in total. The molecule has 5 rings (SSSR count). The van der Waals surface area contributed by atoms with Crippen molar-refractivity contribution in [3.8, 4) is 11.5 Å². The Morgan fingerprint density at radius 3 is 2.31 bits per heavy atom. The van der Waals surface area contributed by atoms with E-state index in [9.17, 15) is 18.0 Å². The Hall–Kier alpha value is -4.37. The molecule has 36 heavy (non-hydrogen) atoms. The Morgan fingerprint density at radius 2 is 1.61 bits per heavy atom. The number of amides is 2. The molecule has 1 heterocycles. The summed E-state index contributed by atoms with van der Waals surface area (Å²) < 4.78 is 39.7. The molecule has 0 saturated heterocycles. The van der Waals surface area contributed by atoms with Crippen LogP contribution in [0.1, 0.15) is 17.3 Å². The predicted molar refractivity (Wildman–Crippen MR) is 136 cm³/mol. The minimum atomic E-state index is -4.48. The number of carbonyl (C=O) groups excluding carboxylic acids is 2. The lowest BCUT2D eigenvalue weighted by Crippen LogP contribution is -2.39. The number of anilines is 2. The van der Waals surface area contributed by atoms with Crippen molar-refractivity contribution in [3.63, 3.8) is 0 Å². The van der Waals surface area contributed by atoms with E-state index in [1.54, 1.807) is 73.8 Å². The zero-order valence-corrected chi connectivity index (χ0v) is 20.4. The van der Waals surface area contributed by atoms with E-state index in [1.807, 2.05) is 6.92 Å². The quantitative estimate of drug-likeness (QED) is 0.359. The molecular formula is C27H22N2O6S. The molecule has 0 aliphatic carbocycles. The fourth-order valence-electron chi connectivity index (χ4n) is 4.25. The van der Waals surface area contributed by atoms with Crippen LogP contribution in [0.15, 0.2) is 89.8 Å². The van der Waals surface area contributed by atoms with E-state index >= 15 is 0 Å². The summed E-state index contributed by atoms with van der Waals surface area (Å²) >= 11 is 0. The summed E-state index contributed by atoms with van der Waals surface area (Å²) in [6, 6.07) is 22.2. The maximum Gasteiger partial charge on any atom is 0.434 e. The molecule has 0 radical (unpaired) electrons. The number of benzene rings is 4. The predicted octanol–water partition coefficient (Wildman–Crippen LogP) is 5.22. The summed E-state index contributed by atoms with van der Waals surface area (Å²) in [5.74, 6) is 0.500. The third kappa shape index (κ3) is 3.83. The van der Waals surface area contributed by atoms with Crippen LogP contribution >= 0.6 is 0 Å². The minimum absolute atomic E-state index is 0.0795. The van der Waals surface area contributed by atoms with Gasteiger partial charge in [-0.25, -0.2) is 13.2 Å². The number of ether oxygens (including phenoxy) is 2. The number of rotatable bonds is 6. The fourth-order valence-corrected chi connectivity index (χ4v) is 5.77. The summed E-state index contributed by atoms with van der Waals surface area (Å²) in [5.41, 5.74) is 1.08. The standard InChI is InChI=1S/C27H22N2O6S/c1-3-34-19-14-12-18(13-15-19)29(27(31)35-20-8-5-4-6-9-20)36(32,33)24-17-16-23-25-21(24)10-7-11-22(25)26(30)28(23)2/h4-17H,3H2,1-2H3. The third-order valence-corrected chi connectivity index (χ3v) is 7.64. The van der Waals surface area contributed by atoms with Crippen LogP contribution in [-0.2, 0) is 10.0 Å². The van der Waals surface area contributed by atoms with Crippen LogP contribution < -0.4 is 18.7 Å². The Kier molecular flexibility index (Phi) is 5.85. The molecule has 2 amide bonds. The zero-order valence-electron chi connectivity index (χ0n) is 19.5. The van der Waals surface area contributed by atoms with Crippen LogP contribution in [-0.4, -0.2) is 34.1 Å². The molecule has 0 atom stereocenters. The van der Waals surface area contributed by atoms with Crippen molar-refractivity contribution in [2.24, 2.45) is 0 Å². The first-order valence-corrected chi connectivity index (χ1v) is 12.7. The Balaban J connectivity index is 1.66. The van der Waals surface area contributed by atoms with Crippen molar-refractivity contribution in [1.29, 1.82) is 0 Å². The number of hydrogen-bond donors (Lipinski definition) is 0. The lowest BCUT2D eigenvalue weighted by Gasteiger charge is -2.23. The molecule has 9 heteroatoms. The normalized spacial score (nSPS) is 12.6. The number of para-hydroxylation sites is 1. The molecule has 182 valence electrons. The molecule has 0 unspecified atom stereocenters. The fraction of sp³-hybridized carbons (Fsp3) is 0.111. The van der Waals surface area contributed by atoms with Gasteiger partial charge in [0, 0.05) is 23.4 Å². The summed E-state index contributed by atoms with van der Waals surface area (Å²) in [7, 11) is -2.84. The van der Waals surface area contributed by atoms with Crippen molar-refractivity contribution in [2.45, 2.75) is 11.8 Å². The number of sulfonamides is 1. The first-order chi connectivity index (χ1) is 17.3. The second kappa shape index (κ2) is 9.01. The van der Waals surface area contributed by atoms with E-state index in [-0.39, 0.29) is 22.2 Å². The summed E-state index contributed by atoms with van der Waals surface area (Å²) in [6.45, 7) is 2.27. The number of nitrogens with zero attached hydrogens (tertiary/aromatic N) is 2. The van der Waals surface area contributed by atoms with Gasteiger partial charge in [0.2, 0.25) is 0 Å². The SMILES string of the molecule is CCOc1ccc(N(C(=O)Oc2ccccc2)S(=O)(=O)c2ccc3c4c(cccc24)C(=O)N3C)cc1. The van der Waals surface area contributed by atoms with Crippen LogP contribution in [0.3, 0.4) is 0 Å². The van der Waals surface area contributed by atoms with Crippen molar-refractivity contribution >= 4 is 44.2 Å². The highest BCUT2D eigenvalue weighted by molar-refractivity contribution is 7.93. The molecule has 4 aromatic rings. The third-order valence-electron chi connectivity index (χ3n) is 5.89. The van der Waals surface area contributed by atoms with E-state index in [2.05, 4.69) is 0 Å². The Morgan fingerprint density at radius 1 is 0.889 bits per heavy atom. The largest absolute Gasteiger partial charge is 0.494 e. The van der Waals surface area contributed by atoms with E-state index in [1.165, 1.54) is 23.1 Å². The second-order valence-electron chi connectivity index (χ2n) is 8.05. The van der Waals surface area contributed by atoms with Crippen LogP contribution in [0.25, 0.3) is 10.8 Å². The van der Waals surface area contributed by atoms with Gasteiger partial charge in [0.15, 0.2) is 0 Å². The molecular weight excluding hydrogens is 480 g/mol. The van der Waals surface area contributed by atoms with Gasteiger partial charge >= 0.3 is 6.09 Å². The van der Waals surface area contributed by atoms with Crippen LogP contribution in [0, 0.1) is 0 Å². The van der Waals surface area contributed by atoms with Gasteiger partial charge in [-0.3, -0.25) is 4.79 Å². The highest BCUT2D eigenvalue weighted by atomic mass is 32.2. The number of carbonyl (C=O) groups is 2. The Labute approximate surface area is 208 Å². The molecule has 1 aliphatic heterocycles. The van der Waals surface area contributed by atoms with Gasteiger partial charge in [0.05, 0.1) is 22.9 Å². The molecule has 1 aliphatic rings. The van der Waals surface area contributed by atoms with Crippen molar-refractivity contribution in [1.82, 2.24) is 0 Å². The summed E-state index contributed by atoms with van der Waals surface area (Å²) in [4.78, 5) is 27.4. The van der Waals surface area contributed by atoms with Crippen molar-refractivity contribution in [2.75, 3.05) is 22.9 Å². The topological polar surface area (TPSA) is 93.2 Å². The lowest BCUT2D eigenvalue weighted by molar-refractivity contribution is 0.0999. The first-order valence-electron chi connectivity index (χ1n) is 11.2. The van der Waals surface area contributed by atoms with Crippen LogP contribution in [0.5, 0.6) is 11.5 Å². The van der Waals surface area contributed by atoms with E-state index in [0.29, 0.717) is 38.7 Å². The second-order valence-corrected chi connectivity index (χ2v) is 9.81. The first kappa shape index (κ1) is 23.4. The Bertz CT molecular complexity index is 1580. The molecule has 0 aromatic heterocycles. The van der Waals surface area contributed by atoms with Crippen molar-refractivity contribution < 1.29 is 27.5 Å². The van der Waals surface area contributed by atoms with Gasteiger partial charge < -0.3 is 14.4 Å². The monoisotopic (exact) mass is 502 g/mol. The molecule has 0 N–H and O–H groups in total. The highest BCUT2D eigenvalue weighted by Crippen LogP contribution is 2.40. The highest BCUT2D eigenvalue weighted by Gasteiger charge is 2.36. The average molecular weight is 503 g/mol. The number of hydrogen-bond acceptors (Lipinski definition) is 6. The van der Waals surface area contributed by atoms with Gasteiger partial charge in [-0.15, -0.1) is 0 Å². The van der Waals surface area contributed by atoms with Gasteiger partial charge in [0.25, 0.3) is 15.9 Å². The van der Waals surface area contributed by atoms with E-state index < -0.39 is 16.1 Å². The van der Waals surface area contributed by atoms with Gasteiger partial charge in [-0.05, 0) is 61.5 Å². The maximum atomic E-state index is 14.1. The van der Waals surface area contributed by atoms with E-state index in [0.717, 1.165) is 0 Å². The maximum absolute atomic E-state index is 14.1. The van der Waals surface area contributed by atoms with Crippen LogP contribution in [0.2, 0.25) is 0 Å². The molecule has 0 spiro atoms.